The van der Waals surface area contributed by atoms with Crippen LogP contribution in [-0.4, -0.2) is 27.7 Å². The Hall–Kier alpha value is -2.57. The van der Waals surface area contributed by atoms with E-state index in [4.69, 9.17) is 4.74 Å². The van der Waals surface area contributed by atoms with Gasteiger partial charge in [-0.2, -0.15) is 0 Å². The molecule has 0 fully saturated rings. The van der Waals surface area contributed by atoms with Crippen LogP contribution in [-0.2, 0) is 11.3 Å². The number of carbonyl (C=O) groups excluding carboxylic acids is 1. The molecule has 0 aliphatic carbocycles. The van der Waals surface area contributed by atoms with Gasteiger partial charge in [0, 0.05) is 36.3 Å². The second-order valence-electron chi connectivity index (χ2n) is 6.39. The fourth-order valence-electron chi connectivity index (χ4n) is 2.32. The quantitative estimate of drug-likeness (QED) is 0.691. The van der Waals surface area contributed by atoms with Gasteiger partial charge in [0.25, 0.3) is 5.69 Å². The third-order valence-corrected chi connectivity index (χ3v) is 3.31. The summed E-state index contributed by atoms with van der Waals surface area (Å²) in [4.78, 5) is 22.3. The molecule has 0 saturated carbocycles. The van der Waals surface area contributed by atoms with Gasteiger partial charge < -0.3 is 14.6 Å². The number of nitrogens with zero attached hydrogens (tertiary/aromatic N) is 2. The van der Waals surface area contributed by atoms with Gasteiger partial charge in [0.15, 0.2) is 0 Å². The van der Waals surface area contributed by atoms with Gasteiger partial charge in [0.05, 0.1) is 10.4 Å². The van der Waals surface area contributed by atoms with E-state index in [-0.39, 0.29) is 10.6 Å². The second kappa shape index (κ2) is 6.28. The average Bonchev–Trinajstić information content (AvgIpc) is 2.77. The number of fused-ring (bicyclic) bond motifs is 1. The van der Waals surface area contributed by atoms with E-state index in [9.17, 15) is 14.9 Å². The molecule has 0 spiro atoms. The normalized spacial score (nSPS) is 11.5. The lowest BCUT2D eigenvalue weighted by molar-refractivity contribution is -0.385. The van der Waals surface area contributed by atoms with E-state index in [2.05, 4.69) is 5.32 Å². The number of ether oxygens (including phenoxy) is 1. The molecule has 1 N–H and O–H groups in total. The third-order valence-electron chi connectivity index (χ3n) is 3.31. The minimum Gasteiger partial charge on any atom is -0.444 e. The fourth-order valence-corrected chi connectivity index (χ4v) is 2.32. The van der Waals surface area contributed by atoms with Gasteiger partial charge in [-0.15, -0.1) is 0 Å². The molecule has 2 aromatic rings. The van der Waals surface area contributed by atoms with Crippen LogP contribution in [0.2, 0.25) is 0 Å². The molecule has 124 valence electrons. The van der Waals surface area contributed by atoms with Crippen LogP contribution in [0.4, 0.5) is 10.5 Å². The van der Waals surface area contributed by atoms with Crippen molar-refractivity contribution in [1.82, 2.24) is 9.88 Å². The lowest BCUT2D eigenvalue weighted by atomic mass is 10.1. The Morgan fingerprint density at radius 1 is 1.39 bits per heavy atom. The lowest BCUT2D eigenvalue weighted by Gasteiger charge is -2.19. The van der Waals surface area contributed by atoms with Gasteiger partial charge >= 0.3 is 6.09 Å². The van der Waals surface area contributed by atoms with E-state index >= 15 is 0 Å². The maximum absolute atomic E-state index is 11.6. The van der Waals surface area contributed by atoms with Gasteiger partial charge in [-0.1, -0.05) is 0 Å². The zero-order valence-corrected chi connectivity index (χ0v) is 13.8. The highest BCUT2D eigenvalue weighted by Gasteiger charge is 2.16. The summed E-state index contributed by atoms with van der Waals surface area (Å²) < 4.78 is 7.04. The number of benzene rings is 1. The first-order valence-corrected chi connectivity index (χ1v) is 7.38. The van der Waals surface area contributed by atoms with Crippen molar-refractivity contribution in [3.05, 3.63) is 40.1 Å². The second-order valence-corrected chi connectivity index (χ2v) is 6.39. The Labute approximate surface area is 134 Å². The van der Waals surface area contributed by atoms with Crippen molar-refractivity contribution < 1.29 is 14.5 Å². The SMILES string of the molecule is Cc1cc2ccn(CCNC(=O)OC(C)(C)C)c2cc1[N+](=O)[O-]. The summed E-state index contributed by atoms with van der Waals surface area (Å²) in [6, 6.07) is 5.27. The molecule has 0 aliphatic heterocycles. The van der Waals surface area contributed by atoms with Crippen molar-refractivity contribution in [3.8, 4) is 0 Å². The molecule has 1 aromatic carbocycles. The first kappa shape index (κ1) is 16.8. The highest BCUT2D eigenvalue weighted by molar-refractivity contribution is 5.83. The van der Waals surface area contributed by atoms with E-state index in [1.54, 1.807) is 39.8 Å². The smallest absolute Gasteiger partial charge is 0.407 e. The van der Waals surface area contributed by atoms with Gasteiger partial charge in [0.1, 0.15) is 5.60 Å². The number of aromatic nitrogens is 1. The number of nitro groups is 1. The molecule has 0 aliphatic rings. The predicted octanol–water partition coefficient (Wildman–Crippen LogP) is 3.38. The monoisotopic (exact) mass is 319 g/mol. The average molecular weight is 319 g/mol. The molecule has 1 aromatic heterocycles. The number of nitro benzene ring substituents is 1. The van der Waals surface area contributed by atoms with E-state index in [1.807, 2.05) is 16.8 Å². The molecule has 0 saturated heterocycles. The maximum atomic E-state index is 11.6. The zero-order chi connectivity index (χ0) is 17.2. The molecule has 7 heteroatoms. The summed E-state index contributed by atoms with van der Waals surface area (Å²) in [7, 11) is 0. The molecule has 0 bridgehead atoms. The van der Waals surface area contributed by atoms with Gasteiger partial charge in [-0.3, -0.25) is 10.1 Å². The number of carbonyl (C=O) groups is 1. The minimum atomic E-state index is -0.539. The zero-order valence-electron chi connectivity index (χ0n) is 13.8. The highest BCUT2D eigenvalue weighted by atomic mass is 16.6. The number of rotatable bonds is 4. The topological polar surface area (TPSA) is 86.4 Å². The summed E-state index contributed by atoms with van der Waals surface area (Å²) >= 11 is 0. The van der Waals surface area contributed by atoms with E-state index < -0.39 is 11.7 Å². The summed E-state index contributed by atoms with van der Waals surface area (Å²) in [5.74, 6) is 0. The Morgan fingerprint density at radius 3 is 2.70 bits per heavy atom. The lowest BCUT2D eigenvalue weighted by Crippen LogP contribution is -2.34. The van der Waals surface area contributed by atoms with Gasteiger partial charge in [0.2, 0.25) is 0 Å². The van der Waals surface area contributed by atoms with E-state index in [0.717, 1.165) is 10.9 Å². The number of aryl methyl sites for hydroxylation is 1. The van der Waals surface area contributed by atoms with Crippen LogP contribution in [0.1, 0.15) is 26.3 Å². The first-order valence-electron chi connectivity index (χ1n) is 7.38. The van der Waals surface area contributed by atoms with Crippen molar-refractivity contribution in [2.45, 2.75) is 39.8 Å². The molecule has 0 unspecified atom stereocenters. The molecule has 7 nitrogen and oxygen atoms in total. The van der Waals surface area contributed by atoms with E-state index in [1.165, 1.54) is 0 Å². The largest absolute Gasteiger partial charge is 0.444 e. The van der Waals surface area contributed by atoms with E-state index in [0.29, 0.717) is 18.7 Å². The Bertz CT molecular complexity index is 744. The van der Waals surface area contributed by atoms with Gasteiger partial charge in [-0.05, 0) is 39.8 Å². The van der Waals surface area contributed by atoms with Crippen molar-refractivity contribution in [2.24, 2.45) is 0 Å². The summed E-state index contributed by atoms with van der Waals surface area (Å²) in [5.41, 5.74) is 0.959. The van der Waals surface area contributed by atoms with Crippen molar-refractivity contribution in [3.63, 3.8) is 0 Å². The molecule has 2 rings (SSSR count). The number of nitrogens with one attached hydrogen (secondary N) is 1. The summed E-state index contributed by atoms with van der Waals surface area (Å²) in [6.45, 7) is 8.00. The molecule has 23 heavy (non-hydrogen) atoms. The van der Waals surface area contributed by atoms with Gasteiger partial charge in [-0.25, -0.2) is 4.79 Å². The van der Waals surface area contributed by atoms with Crippen LogP contribution in [0.25, 0.3) is 10.9 Å². The van der Waals surface area contributed by atoms with Crippen LogP contribution in [0.5, 0.6) is 0 Å². The fraction of sp³-hybridized carbons (Fsp3) is 0.438. The predicted molar refractivity (Wildman–Crippen MR) is 87.6 cm³/mol. The Kier molecular flexibility index (Phi) is 4.58. The Balaban J connectivity index is 2.08. The number of alkyl carbamates (subject to hydrolysis) is 1. The van der Waals surface area contributed by atoms with Crippen molar-refractivity contribution in [2.75, 3.05) is 6.54 Å². The first-order chi connectivity index (χ1) is 10.7. The minimum absolute atomic E-state index is 0.0950. The number of hydrogen-bond donors (Lipinski definition) is 1. The molecular weight excluding hydrogens is 298 g/mol. The van der Waals surface area contributed by atoms with Crippen LogP contribution < -0.4 is 5.32 Å². The van der Waals surface area contributed by atoms with Crippen LogP contribution in [0.3, 0.4) is 0 Å². The standard InChI is InChI=1S/C16H21N3O4/c1-11-9-12-5-7-18(14(12)10-13(11)19(21)22)8-6-17-15(20)23-16(2,3)4/h5,7,9-10H,6,8H2,1-4H3,(H,17,20). The summed E-state index contributed by atoms with van der Waals surface area (Å²) in [6.07, 6.45) is 1.38. The molecule has 0 radical (unpaired) electrons. The summed E-state index contributed by atoms with van der Waals surface area (Å²) in [5, 5.41) is 14.7. The number of amides is 1. The molecule has 1 amide bonds. The molecule has 1 heterocycles. The molecule has 0 atom stereocenters. The molecular formula is C16H21N3O4. The van der Waals surface area contributed by atoms with Crippen molar-refractivity contribution >= 4 is 22.7 Å². The van der Waals surface area contributed by atoms with Crippen LogP contribution in [0, 0.1) is 17.0 Å². The van der Waals surface area contributed by atoms with Crippen LogP contribution in [0.15, 0.2) is 24.4 Å². The maximum Gasteiger partial charge on any atom is 0.407 e. The Morgan fingerprint density at radius 2 is 2.09 bits per heavy atom. The third kappa shape index (κ3) is 4.21. The van der Waals surface area contributed by atoms with Crippen molar-refractivity contribution in [1.29, 1.82) is 0 Å². The highest BCUT2D eigenvalue weighted by Crippen LogP contribution is 2.26. The number of hydrogen-bond acceptors (Lipinski definition) is 4. The van der Waals surface area contributed by atoms with Crippen LogP contribution >= 0.6 is 0 Å².